The number of para-hydroxylation sites is 1. The summed E-state index contributed by atoms with van der Waals surface area (Å²) in [6.45, 7) is 4.27. The van der Waals surface area contributed by atoms with E-state index in [1.165, 1.54) is 0 Å². The molecule has 1 aliphatic rings. The van der Waals surface area contributed by atoms with Crippen molar-refractivity contribution < 1.29 is 8.42 Å². The highest BCUT2D eigenvalue weighted by Crippen LogP contribution is 2.30. The Labute approximate surface area is 143 Å². The lowest BCUT2D eigenvalue weighted by atomic mass is 10.1. The molecular formula is C18H23N3O2S. The highest BCUT2D eigenvalue weighted by atomic mass is 32.2. The van der Waals surface area contributed by atoms with Gasteiger partial charge in [0.05, 0.1) is 16.3 Å². The minimum absolute atomic E-state index is 0.127. The summed E-state index contributed by atoms with van der Waals surface area (Å²) in [4.78, 5) is 6.91. The Morgan fingerprint density at radius 2 is 2.00 bits per heavy atom. The van der Waals surface area contributed by atoms with Crippen LogP contribution in [0.1, 0.15) is 13.3 Å². The Hall–Kier alpha value is -2.08. The van der Waals surface area contributed by atoms with Gasteiger partial charge in [-0.25, -0.2) is 13.4 Å². The van der Waals surface area contributed by atoms with Crippen LogP contribution in [0.15, 0.2) is 53.6 Å². The first kappa shape index (κ1) is 16.8. The standard InChI is InChI=1S/C18H23N3O2S/c1-2-24(22,23)17-8-4-3-7-16(17)21-12-10-15(14-21)13-20-18-9-5-6-11-19-18/h3-9,11,15H,2,10,12-14H2,1H3,(H,19,20). The van der Waals surface area contributed by atoms with Crippen LogP contribution >= 0.6 is 0 Å². The number of sulfone groups is 1. The van der Waals surface area contributed by atoms with Gasteiger partial charge in [-0.2, -0.15) is 0 Å². The van der Waals surface area contributed by atoms with Crippen molar-refractivity contribution in [1.82, 2.24) is 4.98 Å². The van der Waals surface area contributed by atoms with Crippen LogP contribution in [0.2, 0.25) is 0 Å². The molecule has 1 saturated heterocycles. The Morgan fingerprint density at radius 1 is 1.21 bits per heavy atom. The van der Waals surface area contributed by atoms with Gasteiger partial charge in [-0.3, -0.25) is 0 Å². The van der Waals surface area contributed by atoms with Gasteiger partial charge >= 0.3 is 0 Å². The fourth-order valence-electron chi connectivity index (χ4n) is 3.07. The minimum atomic E-state index is -3.21. The van der Waals surface area contributed by atoms with Crippen LogP contribution in [0.3, 0.4) is 0 Å². The van der Waals surface area contributed by atoms with E-state index in [1.807, 2.05) is 30.3 Å². The van der Waals surface area contributed by atoms with Crippen molar-refractivity contribution in [3.8, 4) is 0 Å². The van der Waals surface area contributed by atoms with Crippen LogP contribution in [0.25, 0.3) is 0 Å². The first-order chi connectivity index (χ1) is 11.6. The third-order valence-electron chi connectivity index (χ3n) is 4.44. The summed E-state index contributed by atoms with van der Waals surface area (Å²) in [6.07, 6.45) is 2.81. The molecular weight excluding hydrogens is 322 g/mol. The predicted octanol–water partition coefficient (Wildman–Crippen LogP) is 2.81. The van der Waals surface area contributed by atoms with Crippen LogP contribution in [0.4, 0.5) is 11.5 Å². The Balaban J connectivity index is 1.68. The highest BCUT2D eigenvalue weighted by molar-refractivity contribution is 7.91. The normalized spacial score (nSPS) is 17.9. The van der Waals surface area contributed by atoms with Crippen molar-refractivity contribution in [3.05, 3.63) is 48.7 Å². The molecule has 1 aromatic carbocycles. The number of hydrogen-bond donors (Lipinski definition) is 1. The average Bonchev–Trinajstić information content (AvgIpc) is 3.10. The zero-order chi connectivity index (χ0) is 17.0. The average molecular weight is 345 g/mol. The van der Waals surface area contributed by atoms with E-state index >= 15 is 0 Å². The van der Waals surface area contributed by atoms with Crippen molar-refractivity contribution >= 4 is 21.3 Å². The lowest BCUT2D eigenvalue weighted by Gasteiger charge is -2.22. The number of aromatic nitrogens is 1. The first-order valence-corrected chi connectivity index (χ1v) is 9.97. The zero-order valence-electron chi connectivity index (χ0n) is 13.9. The van der Waals surface area contributed by atoms with Gasteiger partial charge in [0.25, 0.3) is 0 Å². The smallest absolute Gasteiger partial charge is 0.180 e. The predicted molar refractivity (Wildman–Crippen MR) is 97.2 cm³/mol. The van der Waals surface area contributed by atoms with Gasteiger partial charge in [-0.1, -0.05) is 25.1 Å². The monoisotopic (exact) mass is 345 g/mol. The van der Waals surface area contributed by atoms with Crippen LogP contribution in [-0.4, -0.2) is 38.8 Å². The largest absolute Gasteiger partial charge is 0.370 e. The molecule has 1 aromatic heterocycles. The van der Waals surface area contributed by atoms with Crippen LogP contribution in [0, 0.1) is 5.92 Å². The summed E-state index contributed by atoms with van der Waals surface area (Å²) in [5.41, 5.74) is 0.833. The van der Waals surface area contributed by atoms with Gasteiger partial charge in [0.15, 0.2) is 9.84 Å². The number of anilines is 2. The quantitative estimate of drug-likeness (QED) is 0.872. The van der Waals surface area contributed by atoms with E-state index in [4.69, 9.17) is 0 Å². The van der Waals surface area contributed by atoms with Crippen LogP contribution in [0.5, 0.6) is 0 Å². The lowest BCUT2D eigenvalue weighted by Crippen LogP contribution is -2.24. The van der Waals surface area contributed by atoms with E-state index in [0.717, 1.165) is 37.6 Å². The molecule has 0 saturated carbocycles. The topological polar surface area (TPSA) is 62.3 Å². The Morgan fingerprint density at radius 3 is 2.75 bits per heavy atom. The number of rotatable bonds is 6. The van der Waals surface area contributed by atoms with E-state index in [-0.39, 0.29) is 5.75 Å². The molecule has 24 heavy (non-hydrogen) atoms. The van der Waals surface area contributed by atoms with Gasteiger partial charge in [0, 0.05) is 25.8 Å². The fourth-order valence-corrected chi connectivity index (χ4v) is 4.18. The minimum Gasteiger partial charge on any atom is -0.370 e. The molecule has 0 aliphatic carbocycles. The molecule has 0 bridgehead atoms. The molecule has 2 aromatic rings. The van der Waals surface area contributed by atoms with Crippen LogP contribution < -0.4 is 10.2 Å². The van der Waals surface area contributed by atoms with E-state index in [2.05, 4.69) is 15.2 Å². The molecule has 5 nitrogen and oxygen atoms in total. The molecule has 1 fully saturated rings. The Kier molecular flexibility index (Phi) is 5.04. The van der Waals surface area contributed by atoms with Crippen molar-refractivity contribution in [2.75, 3.05) is 35.6 Å². The zero-order valence-corrected chi connectivity index (χ0v) is 14.7. The van der Waals surface area contributed by atoms with E-state index in [0.29, 0.717) is 10.8 Å². The molecule has 3 rings (SSSR count). The molecule has 0 spiro atoms. The number of hydrogen-bond acceptors (Lipinski definition) is 5. The maximum absolute atomic E-state index is 12.3. The summed E-state index contributed by atoms with van der Waals surface area (Å²) in [7, 11) is -3.21. The molecule has 1 aliphatic heterocycles. The van der Waals surface area contributed by atoms with Crippen molar-refractivity contribution in [3.63, 3.8) is 0 Å². The number of nitrogens with zero attached hydrogens (tertiary/aromatic N) is 2. The summed E-state index contributed by atoms with van der Waals surface area (Å²) < 4.78 is 24.6. The summed E-state index contributed by atoms with van der Waals surface area (Å²) in [5.74, 6) is 1.48. The Bertz CT molecular complexity index is 778. The van der Waals surface area contributed by atoms with Crippen molar-refractivity contribution in [2.24, 2.45) is 5.92 Å². The SMILES string of the molecule is CCS(=O)(=O)c1ccccc1N1CCC(CNc2ccccn2)C1. The molecule has 1 unspecified atom stereocenters. The lowest BCUT2D eigenvalue weighted by molar-refractivity contribution is 0.596. The number of pyridine rings is 1. The second kappa shape index (κ2) is 7.21. The summed E-state index contributed by atoms with van der Waals surface area (Å²) in [5, 5.41) is 3.36. The third kappa shape index (κ3) is 3.70. The molecule has 1 N–H and O–H groups in total. The van der Waals surface area contributed by atoms with Gasteiger partial charge in [-0.05, 0) is 36.6 Å². The van der Waals surface area contributed by atoms with E-state index < -0.39 is 9.84 Å². The molecule has 0 radical (unpaired) electrons. The molecule has 128 valence electrons. The molecule has 2 heterocycles. The second-order valence-electron chi connectivity index (χ2n) is 6.07. The molecule has 0 amide bonds. The van der Waals surface area contributed by atoms with Gasteiger partial charge < -0.3 is 10.2 Å². The van der Waals surface area contributed by atoms with Gasteiger partial charge in [0.2, 0.25) is 0 Å². The first-order valence-electron chi connectivity index (χ1n) is 8.32. The maximum Gasteiger partial charge on any atom is 0.180 e. The fraction of sp³-hybridized carbons (Fsp3) is 0.389. The summed E-state index contributed by atoms with van der Waals surface area (Å²) >= 11 is 0. The van der Waals surface area contributed by atoms with E-state index in [9.17, 15) is 8.42 Å². The third-order valence-corrected chi connectivity index (χ3v) is 6.22. The van der Waals surface area contributed by atoms with E-state index in [1.54, 1.807) is 25.3 Å². The second-order valence-corrected chi connectivity index (χ2v) is 8.31. The van der Waals surface area contributed by atoms with Crippen molar-refractivity contribution in [1.29, 1.82) is 0 Å². The van der Waals surface area contributed by atoms with Crippen LogP contribution in [-0.2, 0) is 9.84 Å². The summed E-state index contributed by atoms with van der Waals surface area (Å²) in [6, 6.07) is 13.1. The highest BCUT2D eigenvalue weighted by Gasteiger charge is 2.27. The van der Waals surface area contributed by atoms with Gasteiger partial charge in [0.1, 0.15) is 5.82 Å². The maximum atomic E-state index is 12.3. The van der Waals surface area contributed by atoms with Gasteiger partial charge in [-0.15, -0.1) is 0 Å². The number of benzene rings is 1. The molecule has 1 atom stereocenters. The van der Waals surface area contributed by atoms with Crippen molar-refractivity contribution in [2.45, 2.75) is 18.2 Å². The number of nitrogens with one attached hydrogen (secondary N) is 1. The molecule has 6 heteroatoms.